The molecule has 126 valence electrons. The fraction of sp³-hybridized carbons (Fsp3) is 0.100. The topological polar surface area (TPSA) is 59.9 Å². The summed E-state index contributed by atoms with van der Waals surface area (Å²) in [6.45, 7) is -0.146. The second kappa shape index (κ2) is 7.97. The van der Waals surface area contributed by atoms with Crippen molar-refractivity contribution in [1.82, 2.24) is 5.43 Å². The molecule has 1 amide bonds. The van der Waals surface area contributed by atoms with Crippen LogP contribution in [0, 0.1) is 0 Å². The van der Waals surface area contributed by atoms with Crippen molar-refractivity contribution in [2.45, 2.75) is 0 Å². The van der Waals surface area contributed by atoms with Crippen molar-refractivity contribution in [1.29, 1.82) is 0 Å². The van der Waals surface area contributed by atoms with Crippen LogP contribution in [0.3, 0.4) is 0 Å². The van der Waals surface area contributed by atoms with Crippen LogP contribution >= 0.6 is 0 Å². The summed E-state index contributed by atoms with van der Waals surface area (Å²) in [4.78, 5) is 11.9. The summed E-state index contributed by atoms with van der Waals surface area (Å²) in [5, 5.41) is 6.21. The van der Waals surface area contributed by atoms with Gasteiger partial charge in [-0.2, -0.15) is 5.10 Å². The molecule has 25 heavy (non-hydrogen) atoms. The minimum Gasteiger partial charge on any atom is -0.493 e. The maximum Gasteiger partial charge on any atom is 0.277 e. The first-order valence-corrected chi connectivity index (χ1v) is 7.83. The number of ether oxygens (including phenoxy) is 2. The monoisotopic (exact) mass is 334 g/mol. The smallest absolute Gasteiger partial charge is 0.277 e. The van der Waals surface area contributed by atoms with E-state index >= 15 is 0 Å². The maximum absolute atomic E-state index is 11.9. The van der Waals surface area contributed by atoms with Crippen LogP contribution < -0.4 is 14.9 Å². The summed E-state index contributed by atoms with van der Waals surface area (Å²) in [7, 11) is 1.55. The number of fused-ring (bicyclic) bond motifs is 1. The highest BCUT2D eigenvalue weighted by molar-refractivity contribution is 5.99. The summed E-state index contributed by atoms with van der Waals surface area (Å²) in [5.41, 5.74) is 3.40. The van der Waals surface area contributed by atoms with Crippen molar-refractivity contribution in [3.63, 3.8) is 0 Å². The third-order valence-electron chi connectivity index (χ3n) is 3.64. The molecule has 1 N–H and O–H groups in total. The zero-order valence-corrected chi connectivity index (χ0v) is 13.8. The number of carbonyl (C=O) groups excluding carboxylic acids is 1. The van der Waals surface area contributed by atoms with E-state index in [9.17, 15) is 4.79 Å². The van der Waals surface area contributed by atoms with Gasteiger partial charge in [-0.1, -0.05) is 54.6 Å². The quantitative estimate of drug-likeness (QED) is 0.555. The first-order chi connectivity index (χ1) is 12.3. The Morgan fingerprint density at radius 2 is 1.72 bits per heavy atom. The lowest BCUT2D eigenvalue weighted by Crippen LogP contribution is -2.24. The number of carbonyl (C=O) groups is 1. The first-order valence-electron chi connectivity index (χ1n) is 7.83. The fourth-order valence-corrected chi connectivity index (χ4v) is 2.45. The third kappa shape index (κ3) is 4.14. The molecule has 0 heterocycles. The van der Waals surface area contributed by atoms with E-state index < -0.39 is 0 Å². The Bertz CT molecular complexity index is 901. The van der Waals surface area contributed by atoms with Gasteiger partial charge in [0.2, 0.25) is 0 Å². The molecule has 5 heteroatoms. The van der Waals surface area contributed by atoms with Gasteiger partial charge in [0, 0.05) is 5.56 Å². The van der Waals surface area contributed by atoms with E-state index in [0.29, 0.717) is 11.5 Å². The molecule has 0 fully saturated rings. The van der Waals surface area contributed by atoms with E-state index in [4.69, 9.17) is 9.47 Å². The molecule has 0 bridgehead atoms. The largest absolute Gasteiger partial charge is 0.493 e. The van der Waals surface area contributed by atoms with E-state index in [1.807, 2.05) is 54.6 Å². The molecular weight excluding hydrogens is 316 g/mol. The Kier molecular flexibility index (Phi) is 5.26. The minimum absolute atomic E-state index is 0.146. The normalized spacial score (nSPS) is 10.8. The molecule has 5 nitrogen and oxygen atoms in total. The Hall–Kier alpha value is -3.34. The molecule has 3 aromatic rings. The van der Waals surface area contributed by atoms with Crippen molar-refractivity contribution in [3.8, 4) is 11.5 Å². The van der Waals surface area contributed by atoms with Gasteiger partial charge in [0.05, 0.1) is 13.3 Å². The summed E-state index contributed by atoms with van der Waals surface area (Å²) in [5.74, 6) is 0.745. The van der Waals surface area contributed by atoms with Crippen LogP contribution in [0.1, 0.15) is 5.56 Å². The number of para-hydroxylation sites is 2. The van der Waals surface area contributed by atoms with Gasteiger partial charge in [0.25, 0.3) is 5.91 Å². The van der Waals surface area contributed by atoms with Crippen molar-refractivity contribution in [3.05, 3.63) is 72.3 Å². The summed E-state index contributed by atoms with van der Waals surface area (Å²) in [6, 6.07) is 21.1. The van der Waals surface area contributed by atoms with Gasteiger partial charge >= 0.3 is 0 Å². The Labute approximate surface area is 145 Å². The summed E-state index contributed by atoms with van der Waals surface area (Å²) < 4.78 is 10.6. The SMILES string of the molecule is COc1ccccc1OCC(=O)N/N=C/c1cccc2ccccc12. The van der Waals surface area contributed by atoms with E-state index in [2.05, 4.69) is 10.5 Å². The highest BCUT2D eigenvalue weighted by Gasteiger charge is 2.06. The number of nitrogens with zero attached hydrogens (tertiary/aromatic N) is 1. The summed E-state index contributed by atoms with van der Waals surface area (Å²) >= 11 is 0. The third-order valence-corrected chi connectivity index (χ3v) is 3.64. The van der Waals surface area contributed by atoms with Gasteiger partial charge in [-0.3, -0.25) is 4.79 Å². The van der Waals surface area contributed by atoms with Crippen LogP contribution in [-0.4, -0.2) is 25.8 Å². The molecule has 0 aliphatic heterocycles. The van der Waals surface area contributed by atoms with Crippen LogP contribution in [0.5, 0.6) is 11.5 Å². The molecule has 0 aromatic heterocycles. The standard InChI is InChI=1S/C20H18N2O3/c1-24-18-11-4-5-12-19(18)25-14-20(23)22-21-13-16-9-6-8-15-7-2-3-10-17(15)16/h2-13H,14H2,1H3,(H,22,23)/b21-13+. The highest BCUT2D eigenvalue weighted by Crippen LogP contribution is 2.25. The lowest BCUT2D eigenvalue weighted by atomic mass is 10.1. The maximum atomic E-state index is 11.9. The Morgan fingerprint density at radius 1 is 1.00 bits per heavy atom. The molecule has 0 aliphatic rings. The fourth-order valence-electron chi connectivity index (χ4n) is 2.45. The second-order valence-corrected chi connectivity index (χ2v) is 5.30. The number of rotatable bonds is 6. The number of hydrogen-bond acceptors (Lipinski definition) is 4. The average Bonchev–Trinajstić information content (AvgIpc) is 2.67. The van der Waals surface area contributed by atoms with E-state index in [-0.39, 0.29) is 12.5 Å². The van der Waals surface area contributed by atoms with Gasteiger partial charge in [0.1, 0.15) is 0 Å². The molecule has 0 spiro atoms. The number of hydrogen-bond donors (Lipinski definition) is 1. The highest BCUT2D eigenvalue weighted by atomic mass is 16.5. The van der Waals surface area contributed by atoms with Crippen molar-refractivity contribution in [2.24, 2.45) is 5.10 Å². The summed E-state index contributed by atoms with van der Waals surface area (Å²) in [6.07, 6.45) is 1.63. The van der Waals surface area contributed by atoms with Gasteiger partial charge < -0.3 is 9.47 Å². The van der Waals surface area contributed by atoms with Gasteiger partial charge in [-0.15, -0.1) is 0 Å². The van der Waals surface area contributed by atoms with E-state index in [1.54, 1.807) is 25.5 Å². The van der Waals surface area contributed by atoms with Gasteiger partial charge in [0.15, 0.2) is 18.1 Å². The number of benzene rings is 3. The molecule has 0 atom stereocenters. The van der Waals surface area contributed by atoms with E-state index in [0.717, 1.165) is 16.3 Å². The van der Waals surface area contributed by atoms with Crippen molar-refractivity contribution < 1.29 is 14.3 Å². The van der Waals surface area contributed by atoms with Crippen LogP contribution in [0.4, 0.5) is 0 Å². The predicted molar refractivity (Wildman–Crippen MR) is 98.2 cm³/mol. The molecule has 3 aromatic carbocycles. The number of amides is 1. The lowest BCUT2D eigenvalue weighted by molar-refractivity contribution is -0.123. The molecule has 0 aliphatic carbocycles. The van der Waals surface area contributed by atoms with Crippen molar-refractivity contribution >= 4 is 22.9 Å². The van der Waals surface area contributed by atoms with Gasteiger partial charge in [-0.05, 0) is 22.9 Å². The van der Waals surface area contributed by atoms with Crippen LogP contribution in [-0.2, 0) is 4.79 Å². The number of nitrogens with one attached hydrogen (secondary N) is 1. The molecular formula is C20H18N2O3. The van der Waals surface area contributed by atoms with Crippen molar-refractivity contribution in [2.75, 3.05) is 13.7 Å². The lowest BCUT2D eigenvalue weighted by Gasteiger charge is -2.09. The average molecular weight is 334 g/mol. The van der Waals surface area contributed by atoms with Crippen LogP contribution in [0.25, 0.3) is 10.8 Å². The molecule has 0 unspecified atom stereocenters. The molecule has 0 radical (unpaired) electrons. The van der Waals surface area contributed by atoms with Crippen LogP contribution in [0.15, 0.2) is 71.8 Å². The zero-order chi connectivity index (χ0) is 17.5. The van der Waals surface area contributed by atoms with Crippen LogP contribution in [0.2, 0.25) is 0 Å². The molecule has 0 saturated heterocycles. The Morgan fingerprint density at radius 3 is 2.56 bits per heavy atom. The number of methoxy groups -OCH3 is 1. The zero-order valence-electron chi connectivity index (χ0n) is 13.8. The molecule has 3 rings (SSSR count). The minimum atomic E-state index is -0.345. The Balaban J connectivity index is 1.59. The predicted octanol–water partition coefficient (Wildman–Crippen LogP) is 3.38. The van der Waals surface area contributed by atoms with Gasteiger partial charge in [-0.25, -0.2) is 5.43 Å². The van der Waals surface area contributed by atoms with E-state index in [1.165, 1.54) is 0 Å². The molecule has 0 saturated carbocycles. The first kappa shape index (κ1) is 16.5. The second-order valence-electron chi connectivity index (χ2n) is 5.30. The number of hydrazone groups is 1.